The molecule has 0 saturated carbocycles. The molecule has 1 fully saturated rings. The lowest BCUT2D eigenvalue weighted by atomic mass is 9.95. The van der Waals surface area contributed by atoms with E-state index in [1.54, 1.807) is 0 Å². The van der Waals surface area contributed by atoms with Crippen LogP contribution in [-0.4, -0.2) is 60.3 Å². The third-order valence-electron chi connectivity index (χ3n) is 7.17. The van der Waals surface area contributed by atoms with Crippen LogP contribution in [0.4, 0.5) is 0 Å². The van der Waals surface area contributed by atoms with Gasteiger partial charge in [-0.15, -0.1) is 0 Å². The first-order chi connectivity index (χ1) is 18.2. The Morgan fingerprint density at radius 1 is 1.21 bits per heavy atom. The van der Waals surface area contributed by atoms with Gasteiger partial charge in [-0.25, -0.2) is 0 Å². The highest BCUT2D eigenvalue weighted by Gasteiger charge is 2.24. The summed E-state index contributed by atoms with van der Waals surface area (Å²) in [7, 11) is 1.81. The Kier molecular flexibility index (Phi) is 10.2. The van der Waals surface area contributed by atoms with Crippen molar-refractivity contribution in [1.82, 2.24) is 14.3 Å². The number of nitrogens with one attached hydrogen (secondary N) is 1. The molecule has 8 heteroatoms. The maximum Gasteiger partial charge on any atom is 0.251 e. The number of aliphatic imine (C=N–C) groups is 1. The predicted octanol–water partition coefficient (Wildman–Crippen LogP) is 4.13. The van der Waals surface area contributed by atoms with Gasteiger partial charge in [0.1, 0.15) is 0 Å². The number of aromatic amines is 1. The smallest absolute Gasteiger partial charge is 0.251 e. The SMILES string of the molecule is CC/C=C(\C=NC)c1cc2cc(Cc3c(C)cc(C)[nH]c3=O)c(C)c(C(C)N3CCOCC3)n2c1.NC=O. The van der Waals surface area contributed by atoms with Gasteiger partial charge in [0.25, 0.3) is 5.56 Å². The van der Waals surface area contributed by atoms with Crippen molar-refractivity contribution in [3.05, 3.63) is 80.0 Å². The maximum atomic E-state index is 12.8. The van der Waals surface area contributed by atoms with Gasteiger partial charge in [0.2, 0.25) is 6.41 Å². The van der Waals surface area contributed by atoms with Crippen LogP contribution in [0.3, 0.4) is 0 Å². The summed E-state index contributed by atoms with van der Waals surface area (Å²) in [6.45, 7) is 14.0. The Morgan fingerprint density at radius 2 is 1.89 bits per heavy atom. The van der Waals surface area contributed by atoms with Gasteiger partial charge in [-0.05, 0) is 74.6 Å². The van der Waals surface area contributed by atoms with E-state index in [4.69, 9.17) is 9.53 Å². The summed E-state index contributed by atoms with van der Waals surface area (Å²) < 4.78 is 7.96. The minimum Gasteiger partial charge on any atom is -0.379 e. The van der Waals surface area contributed by atoms with Gasteiger partial charge in [0, 0.05) is 73.0 Å². The van der Waals surface area contributed by atoms with Crippen molar-refractivity contribution in [3.63, 3.8) is 0 Å². The largest absolute Gasteiger partial charge is 0.379 e. The molecule has 1 aliphatic heterocycles. The molecule has 0 aliphatic carbocycles. The molecule has 1 unspecified atom stereocenters. The van der Waals surface area contributed by atoms with E-state index in [9.17, 15) is 4.79 Å². The van der Waals surface area contributed by atoms with E-state index in [2.05, 4.69) is 76.3 Å². The number of aryl methyl sites for hydroxylation is 2. The van der Waals surface area contributed by atoms with E-state index in [1.807, 2.05) is 27.1 Å². The number of hydrogen-bond donors (Lipinski definition) is 2. The first-order valence-electron chi connectivity index (χ1n) is 13.2. The van der Waals surface area contributed by atoms with Gasteiger partial charge in [-0.2, -0.15) is 0 Å². The molecule has 0 spiro atoms. The van der Waals surface area contributed by atoms with E-state index >= 15 is 0 Å². The Bertz CT molecular complexity index is 1380. The molecule has 0 bridgehead atoms. The average Bonchev–Trinajstić information content (AvgIpc) is 3.30. The number of fused-ring (bicyclic) bond motifs is 1. The standard InChI is InChI=1S/C29H38N4O2.CH3NO/c1-7-8-23(17-30-6)25-15-26-14-24(16-27-19(2)13-20(3)31-29(27)34)21(4)28(33(26)18-25)22(5)32-9-11-35-12-10-32;2-1-3/h8,13-15,17-18,22H,7,9-12,16H2,1-6H3,(H,31,34);1H,(H2,2,3)/b23-8+,30-17?;. The zero-order valence-electron chi connectivity index (χ0n) is 23.5. The molecule has 4 rings (SSSR count). The second-order valence-electron chi connectivity index (χ2n) is 9.74. The van der Waals surface area contributed by atoms with Crippen molar-refractivity contribution >= 4 is 23.7 Å². The fourth-order valence-electron chi connectivity index (χ4n) is 5.32. The third kappa shape index (κ3) is 6.49. The maximum absolute atomic E-state index is 12.8. The molecule has 1 saturated heterocycles. The van der Waals surface area contributed by atoms with Crippen LogP contribution in [-0.2, 0) is 16.0 Å². The number of amides is 1. The highest BCUT2D eigenvalue weighted by Crippen LogP contribution is 2.31. The molecule has 4 heterocycles. The number of nitrogens with zero attached hydrogens (tertiary/aromatic N) is 3. The van der Waals surface area contributed by atoms with Crippen LogP contribution in [0.5, 0.6) is 0 Å². The molecule has 0 aromatic carbocycles. The van der Waals surface area contributed by atoms with E-state index in [1.165, 1.54) is 16.8 Å². The van der Waals surface area contributed by atoms with Crippen LogP contribution >= 0.6 is 0 Å². The molecule has 1 amide bonds. The fourth-order valence-corrected chi connectivity index (χ4v) is 5.32. The highest BCUT2D eigenvalue weighted by molar-refractivity contribution is 6.10. The van der Waals surface area contributed by atoms with Crippen molar-refractivity contribution in [2.45, 2.75) is 53.5 Å². The lowest BCUT2D eigenvalue weighted by Gasteiger charge is -2.34. The predicted molar refractivity (Wildman–Crippen MR) is 155 cm³/mol. The molecule has 3 aromatic heterocycles. The van der Waals surface area contributed by atoms with Gasteiger partial charge >= 0.3 is 0 Å². The van der Waals surface area contributed by atoms with Gasteiger partial charge in [-0.3, -0.25) is 19.5 Å². The molecule has 204 valence electrons. The lowest BCUT2D eigenvalue weighted by molar-refractivity contribution is -0.106. The Labute approximate surface area is 225 Å². The van der Waals surface area contributed by atoms with E-state index in [0.29, 0.717) is 6.42 Å². The number of morpholine rings is 1. The van der Waals surface area contributed by atoms with Crippen LogP contribution in [0.1, 0.15) is 65.5 Å². The van der Waals surface area contributed by atoms with Crippen LogP contribution in [0.2, 0.25) is 0 Å². The van der Waals surface area contributed by atoms with Crippen LogP contribution in [0.25, 0.3) is 11.1 Å². The summed E-state index contributed by atoms with van der Waals surface area (Å²) >= 11 is 0. The number of carbonyl (C=O) groups is 1. The lowest BCUT2D eigenvalue weighted by Crippen LogP contribution is -2.39. The molecular formula is C30H41N5O3. The number of H-pyrrole nitrogens is 1. The first-order valence-corrected chi connectivity index (χ1v) is 13.2. The van der Waals surface area contributed by atoms with Crippen molar-refractivity contribution in [3.8, 4) is 0 Å². The van der Waals surface area contributed by atoms with Crippen molar-refractivity contribution in [2.24, 2.45) is 10.7 Å². The van der Waals surface area contributed by atoms with Crippen molar-refractivity contribution in [1.29, 1.82) is 0 Å². The number of nitrogens with two attached hydrogens (primary N) is 1. The van der Waals surface area contributed by atoms with Crippen molar-refractivity contribution in [2.75, 3.05) is 33.4 Å². The zero-order valence-corrected chi connectivity index (χ0v) is 23.5. The molecule has 1 aliphatic rings. The van der Waals surface area contributed by atoms with Crippen LogP contribution in [0, 0.1) is 20.8 Å². The Hall–Kier alpha value is -3.49. The number of allylic oxidation sites excluding steroid dienone is 2. The zero-order chi connectivity index (χ0) is 27.8. The normalized spacial score (nSPS) is 15.5. The summed E-state index contributed by atoms with van der Waals surface area (Å²) in [6, 6.07) is 6.77. The second-order valence-corrected chi connectivity index (χ2v) is 9.74. The second kappa shape index (κ2) is 13.3. The molecule has 0 radical (unpaired) electrons. The van der Waals surface area contributed by atoms with Crippen LogP contribution in [0.15, 0.2) is 40.3 Å². The number of aromatic nitrogens is 2. The molecule has 3 N–H and O–H groups in total. The van der Waals surface area contributed by atoms with Crippen LogP contribution < -0.4 is 11.3 Å². The number of pyridine rings is 2. The molecule has 3 aromatic rings. The van der Waals surface area contributed by atoms with Gasteiger partial charge in [0.05, 0.1) is 13.2 Å². The van der Waals surface area contributed by atoms with E-state index in [0.717, 1.165) is 66.2 Å². The number of ether oxygens (including phenoxy) is 1. The highest BCUT2D eigenvalue weighted by atomic mass is 16.5. The molecule has 1 atom stereocenters. The molecule has 38 heavy (non-hydrogen) atoms. The van der Waals surface area contributed by atoms with Gasteiger partial charge in [0.15, 0.2) is 0 Å². The first kappa shape index (κ1) is 29.1. The Morgan fingerprint density at radius 3 is 2.50 bits per heavy atom. The summed E-state index contributed by atoms with van der Waals surface area (Å²) in [5, 5.41) is 0. The number of hydrogen-bond acceptors (Lipinski definition) is 5. The number of primary amides is 1. The quantitative estimate of drug-likeness (QED) is 0.362. The third-order valence-corrected chi connectivity index (χ3v) is 7.17. The number of carbonyl (C=O) groups excluding carboxylic acids is 1. The Balaban J connectivity index is 0.00000127. The van der Waals surface area contributed by atoms with Gasteiger partial charge < -0.3 is 19.9 Å². The van der Waals surface area contributed by atoms with Gasteiger partial charge in [-0.1, -0.05) is 13.0 Å². The molecular weight excluding hydrogens is 478 g/mol. The minimum absolute atomic E-state index is 0.00736. The van der Waals surface area contributed by atoms with Crippen molar-refractivity contribution < 1.29 is 9.53 Å². The fraction of sp³-hybridized carbons (Fsp3) is 0.433. The number of rotatable bonds is 7. The average molecular weight is 520 g/mol. The topological polar surface area (TPSA) is 105 Å². The molecule has 8 nitrogen and oxygen atoms in total. The summed E-state index contributed by atoms with van der Waals surface area (Å²) in [6.07, 6.45) is 8.21. The minimum atomic E-state index is 0.00736. The van der Waals surface area contributed by atoms with E-state index < -0.39 is 0 Å². The summed E-state index contributed by atoms with van der Waals surface area (Å²) in [5.74, 6) is 0. The summed E-state index contributed by atoms with van der Waals surface area (Å²) in [5.41, 5.74) is 14.1. The monoisotopic (exact) mass is 519 g/mol. The summed E-state index contributed by atoms with van der Waals surface area (Å²) in [4.78, 5) is 31.2. The van der Waals surface area contributed by atoms with E-state index in [-0.39, 0.29) is 18.0 Å².